The Morgan fingerprint density at radius 1 is 1.38 bits per heavy atom. The van der Waals surface area contributed by atoms with Gasteiger partial charge >= 0.3 is 0 Å². The van der Waals surface area contributed by atoms with Crippen molar-refractivity contribution in [2.24, 2.45) is 0 Å². The minimum atomic E-state index is -3.52. The summed E-state index contributed by atoms with van der Waals surface area (Å²) in [6.45, 7) is 3.44. The third kappa shape index (κ3) is 3.27. The molecular formula is C10H12Cl2O3S. The number of phenolic OH excluding ortho intramolecular Hbond substituents is 1. The fourth-order valence-corrected chi connectivity index (χ4v) is 2.32. The Morgan fingerprint density at radius 2 is 1.94 bits per heavy atom. The second kappa shape index (κ2) is 4.82. The van der Waals surface area contributed by atoms with Crippen LogP contribution in [0.4, 0.5) is 0 Å². The maximum atomic E-state index is 10.8. The van der Waals surface area contributed by atoms with Gasteiger partial charge in [0.05, 0.1) is 10.8 Å². The summed E-state index contributed by atoms with van der Waals surface area (Å²) in [5.41, 5.74) is 2.05. The van der Waals surface area contributed by atoms with E-state index >= 15 is 0 Å². The van der Waals surface area contributed by atoms with E-state index in [1.807, 2.05) is 0 Å². The Morgan fingerprint density at radius 3 is 2.44 bits per heavy atom. The molecule has 0 atom stereocenters. The van der Waals surface area contributed by atoms with Crippen molar-refractivity contribution in [2.45, 2.75) is 20.3 Å². The first-order valence-electron chi connectivity index (χ1n) is 4.62. The lowest BCUT2D eigenvalue weighted by atomic mass is 10.0. The van der Waals surface area contributed by atoms with Gasteiger partial charge in [-0.2, -0.15) is 0 Å². The molecule has 0 saturated carbocycles. The molecule has 0 aliphatic rings. The molecule has 0 aliphatic carbocycles. The average molecular weight is 283 g/mol. The quantitative estimate of drug-likeness (QED) is 0.868. The topological polar surface area (TPSA) is 54.4 Å². The molecule has 16 heavy (non-hydrogen) atoms. The van der Waals surface area contributed by atoms with Crippen LogP contribution in [-0.4, -0.2) is 19.3 Å². The van der Waals surface area contributed by atoms with E-state index in [9.17, 15) is 13.5 Å². The van der Waals surface area contributed by atoms with Crippen LogP contribution in [0.1, 0.15) is 16.7 Å². The van der Waals surface area contributed by atoms with Crippen molar-refractivity contribution in [2.75, 3.05) is 5.75 Å². The summed E-state index contributed by atoms with van der Waals surface area (Å²) in [6.07, 6.45) is 0.267. The Hall–Kier alpha value is -0.450. The van der Waals surface area contributed by atoms with Crippen molar-refractivity contribution in [3.05, 3.63) is 27.8 Å². The molecule has 0 unspecified atom stereocenters. The summed E-state index contributed by atoms with van der Waals surface area (Å²) in [7, 11) is 1.61. The van der Waals surface area contributed by atoms with E-state index in [4.69, 9.17) is 22.3 Å². The van der Waals surface area contributed by atoms with Crippen LogP contribution in [0.2, 0.25) is 5.02 Å². The molecule has 0 amide bonds. The zero-order valence-corrected chi connectivity index (χ0v) is 11.2. The normalized spacial score (nSPS) is 11.8. The number of aromatic hydroxyl groups is 1. The number of rotatable bonds is 3. The van der Waals surface area contributed by atoms with Gasteiger partial charge in [0, 0.05) is 10.7 Å². The molecule has 0 heterocycles. The van der Waals surface area contributed by atoms with Gasteiger partial charge < -0.3 is 5.11 Å². The predicted molar refractivity (Wildman–Crippen MR) is 65.9 cm³/mol. The summed E-state index contributed by atoms with van der Waals surface area (Å²) in [5, 5.41) is 9.98. The van der Waals surface area contributed by atoms with Crippen molar-refractivity contribution < 1.29 is 13.5 Å². The summed E-state index contributed by atoms with van der Waals surface area (Å²) in [5.74, 6) is -0.153. The summed E-state index contributed by atoms with van der Waals surface area (Å²) >= 11 is 5.85. The highest BCUT2D eigenvalue weighted by molar-refractivity contribution is 8.13. The van der Waals surface area contributed by atoms with Crippen molar-refractivity contribution in [3.8, 4) is 5.75 Å². The monoisotopic (exact) mass is 282 g/mol. The number of aryl methyl sites for hydroxylation is 2. The maximum absolute atomic E-state index is 10.8. The smallest absolute Gasteiger partial charge is 0.232 e. The lowest BCUT2D eigenvalue weighted by Crippen LogP contribution is -2.03. The van der Waals surface area contributed by atoms with Gasteiger partial charge in [0.1, 0.15) is 5.75 Å². The molecule has 0 fully saturated rings. The second-order valence-corrected chi connectivity index (χ2v) is 6.91. The van der Waals surface area contributed by atoms with Gasteiger partial charge in [-0.05, 0) is 37.0 Å². The molecule has 0 radical (unpaired) electrons. The van der Waals surface area contributed by atoms with Crippen LogP contribution in [-0.2, 0) is 15.5 Å². The van der Waals surface area contributed by atoms with Crippen LogP contribution >= 0.6 is 22.3 Å². The first-order valence-corrected chi connectivity index (χ1v) is 7.48. The van der Waals surface area contributed by atoms with Crippen LogP contribution in [0, 0.1) is 13.8 Å². The molecule has 1 N–H and O–H groups in total. The summed E-state index contributed by atoms with van der Waals surface area (Å²) in [6, 6.07) is 1.76. The lowest BCUT2D eigenvalue weighted by Gasteiger charge is -2.10. The largest absolute Gasteiger partial charge is 0.506 e. The molecule has 3 nitrogen and oxygen atoms in total. The number of hydrogen-bond acceptors (Lipinski definition) is 3. The molecule has 0 aliphatic heterocycles. The van der Waals surface area contributed by atoms with Crippen LogP contribution in [0.15, 0.2) is 6.07 Å². The fourth-order valence-electron chi connectivity index (χ4n) is 1.43. The molecular weight excluding hydrogens is 271 g/mol. The number of phenols is 1. The highest BCUT2D eigenvalue weighted by Gasteiger charge is 2.13. The van der Waals surface area contributed by atoms with E-state index in [1.165, 1.54) is 0 Å². The van der Waals surface area contributed by atoms with Crippen LogP contribution in [0.3, 0.4) is 0 Å². The highest BCUT2D eigenvalue weighted by Crippen LogP contribution is 2.33. The average Bonchev–Trinajstić information content (AvgIpc) is 2.17. The van der Waals surface area contributed by atoms with E-state index < -0.39 is 9.05 Å². The van der Waals surface area contributed by atoms with E-state index in [1.54, 1.807) is 19.9 Å². The van der Waals surface area contributed by atoms with Gasteiger partial charge in [-0.3, -0.25) is 0 Å². The van der Waals surface area contributed by atoms with Gasteiger partial charge in [0.2, 0.25) is 9.05 Å². The Labute approximate surface area is 104 Å². The molecule has 1 rings (SSSR count). The lowest BCUT2D eigenvalue weighted by molar-refractivity contribution is 0.470. The Balaban J connectivity index is 3.07. The zero-order valence-electron chi connectivity index (χ0n) is 8.92. The Bertz CT molecular complexity index is 509. The summed E-state index contributed by atoms with van der Waals surface area (Å²) in [4.78, 5) is 0. The minimum Gasteiger partial charge on any atom is -0.506 e. The summed E-state index contributed by atoms with van der Waals surface area (Å²) < 4.78 is 21.7. The third-order valence-electron chi connectivity index (χ3n) is 2.40. The number of benzene rings is 1. The predicted octanol–water partition coefficient (Wildman–Crippen LogP) is 2.77. The highest BCUT2D eigenvalue weighted by atomic mass is 35.7. The minimum absolute atomic E-state index is 0.00337. The molecule has 0 bridgehead atoms. The molecule has 1 aromatic carbocycles. The third-order valence-corrected chi connectivity index (χ3v) is 4.03. The van der Waals surface area contributed by atoms with Crippen molar-refractivity contribution in [1.29, 1.82) is 0 Å². The van der Waals surface area contributed by atoms with Crippen molar-refractivity contribution in [3.63, 3.8) is 0 Å². The van der Waals surface area contributed by atoms with Gasteiger partial charge in [0.15, 0.2) is 0 Å². The van der Waals surface area contributed by atoms with Gasteiger partial charge in [-0.1, -0.05) is 17.7 Å². The molecule has 0 saturated heterocycles. The second-order valence-electron chi connectivity index (χ2n) is 3.63. The SMILES string of the molecule is Cc1cc(CCS(=O)(=O)Cl)c(C)c(O)c1Cl. The van der Waals surface area contributed by atoms with Crippen LogP contribution < -0.4 is 0 Å². The van der Waals surface area contributed by atoms with E-state index in [-0.39, 0.29) is 17.9 Å². The standard InChI is InChI=1S/C10H12Cl2O3S/c1-6-5-8(3-4-16(12,14)15)7(2)10(13)9(6)11/h5,13H,3-4H2,1-2H3. The molecule has 0 spiro atoms. The van der Waals surface area contributed by atoms with Crippen molar-refractivity contribution in [1.82, 2.24) is 0 Å². The Kier molecular flexibility index (Phi) is 4.10. The molecule has 6 heteroatoms. The molecule has 90 valence electrons. The van der Waals surface area contributed by atoms with E-state index in [0.717, 1.165) is 5.56 Å². The van der Waals surface area contributed by atoms with Gasteiger partial charge in [-0.25, -0.2) is 8.42 Å². The number of halogens is 2. The van der Waals surface area contributed by atoms with Crippen LogP contribution in [0.25, 0.3) is 0 Å². The van der Waals surface area contributed by atoms with E-state index in [0.29, 0.717) is 16.1 Å². The fraction of sp³-hybridized carbons (Fsp3) is 0.400. The maximum Gasteiger partial charge on any atom is 0.232 e. The zero-order chi connectivity index (χ0) is 12.5. The van der Waals surface area contributed by atoms with E-state index in [2.05, 4.69) is 0 Å². The van der Waals surface area contributed by atoms with Crippen molar-refractivity contribution >= 4 is 31.3 Å². The molecule has 0 aromatic heterocycles. The van der Waals surface area contributed by atoms with Gasteiger partial charge in [-0.15, -0.1) is 0 Å². The van der Waals surface area contributed by atoms with Crippen LogP contribution in [0.5, 0.6) is 5.75 Å². The first kappa shape index (κ1) is 13.6. The van der Waals surface area contributed by atoms with Gasteiger partial charge in [0.25, 0.3) is 0 Å². The molecule has 1 aromatic rings. The first-order chi connectivity index (χ1) is 7.22. The number of hydrogen-bond donors (Lipinski definition) is 1.